The number of rotatable bonds is 11. The standard InChI is InChI=1S/C30H28BrN3O5S/c1-22-13-15-26(16-14-22)40(36,37)34(25-11-7-4-8-12-25)20-29(35)33-32-19-24-17-27(31)30(28(18-24)38-2)39-21-23-9-5-3-6-10-23/h3-19H,20-21H2,1-2H3,(H,33,35)/b32-19-. The number of hydrogen-bond donors (Lipinski definition) is 1. The van der Waals surface area contributed by atoms with Crippen LogP contribution in [-0.2, 0) is 21.4 Å². The summed E-state index contributed by atoms with van der Waals surface area (Å²) in [6, 6.07) is 28.2. The second kappa shape index (κ2) is 13.3. The van der Waals surface area contributed by atoms with Crippen LogP contribution in [0.2, 0.25) is 0 Å². The lowest BCUT2D eigenvalue weighted by Crippen LogP contribution is -2.39. The monoisotopic (exact) mass is 621 g/mol. The summed E-state index contributed by atoms with van der Waals surface area (Å²) in [5, 5.41) is 4.03. The van der Waals surface area contributed by atoms with Gasteiger partial charge in [0.15, 0.2) is 11.5 Å². The highest BCUT2D eigenvalue weighted by Gasteiger charge is 2.27. The molecular weight excluding hydrogens is 594 g/mol. The molecule has 0 aliphatic carbocycles. The van der Waals surface area contributed by atoms with Crippen LogP contribution < -0.4 is 19.2 Å². The van der Waals surface area contributed by atoms with Gasteiger partial charge in [-0.2, -0.15) is 5.10 Å². The largest absolute Gasteiger partial charge is 0.493 e. The molecule has 0 radical (unpaired) electrons. The molecule has 0 aliphatic rings. The molecule has 1 amide bonds. The second-order valence-electron chi connectivity index (χ2n) is 8.76. The van der Waals surface area contributed by atoms with Gasteiger partial charge < -0.3 is 9.47 Å². The molecule has 10 heteroatoms. The lowest BCUT2D eigenvalue weighted by atomic mass is 10.2. The number of hydrazone groups is 1. The average molecular weight is 623 g/mol. The van der Waals surface area contributed by atoms with E-state index in [1.807, 2.05) is 37.3 Å². The summed E-state index contributed by atoms with van der Waals surface area (Å²) in [6.45, 7) is 1.77. The summed E-state index contributed by atoms with van der Waals surface area (Å²) < 4.78 is 40.0. The van der Waals surface area contributed by atoms with Gasteiger partial charge in [0.1, 0.15) is 13.2 Å². The number of amides is 1. The number of halogens is 1. The summed E-state index contributed by atoms with van der Waals surface area (Å²) in [4.78, 5) is 12.9. The number of sulfonamides is 1. The maximum absolute atomic E-state index is 13.4. The molecule has 0 fully saturated rings. The van der Waals surface area contributed by atoms with E-state index in [2.05, 4.69) is 26.5 Å². The van der Waals surface area contributed by atoms with Crippen molar-refractivity contribution < 1.29 is 22.7 Å². The third-order valence-corrected chi connectivity index (χ3v) is 8.20. The van der Waals surface area contributed by atoms with Crippen LogP contribution in [0.1, 0.15) is 16.7 Å². The predicted molar refractivity (Wildman–Crippen MR) is 159 cm³/mol. The first-order chi connectivity index (χ1) is 19.3. The number of methoxy groups -OCH3 is 1. The van der Waals surface area contributed by atoms with Crippen LogP contribution >= 0.6 is 15.9 Å². The fraction of sp³-hybridized carbons (Fsp3) is 0.133. The van der Waals surface area contributed by atoms with Crippen LogP contribution in [-0.4, -0.2) is 34.2 Å². The summed E-state index contributed by atoms with van der Waals surface area (Å²) in [7, 11) is -2.47. The molecule has 4 rings (SSSR count). The van der Waals surface area contributed by atoms with E-state index in [0.717, 1.165) is 15.4 Å². The molecule has 1 N–H and O–H groups in total. The van der Waals surface area contributed by atoms with Gasteiger partial charge in [0.25, 0.3) is 15.9 Å². The number of anilines is 1. The number of carbonyl (C=O) groups excluding carboxylic acids is 1. The third-order valence-electron chi connectivity index (χ3n) is 5.82. The van der Waals surface area contributed by atoms with E-state index < -0.39 is 22.5 Å². The van der Waals surface area contributed by atoms with E-state index >= 15 is 0 Å². The maximum Gasteiger partial charge on any atom is 0.264 e. The second-order valence-corrected chi connectivity index (χ2v) is 11.5. The molecule has 40 heavy (non-hydrogen) atoms. The molecular formula is C30H28BrN3O5S. The molecule has 0 spiro atoms. The minimum atomic E-state index is -4.00. The van der Waals surface area contributed by atoms with Crippen molar-refractivity contribution in [2.45, 2.75) is 18.4 Å². The van der Waals surface area contributed by atoms with Crippen molar-refractivity contribution in [3.63, 3.8) is 0 Å². The van der Waals surface area contributed by atoms with Crippen LogP contribution in [0.25, 0.3) is 0 Å². The van der Waals surface area contributed by atoms with Crippen LogP contribution in [0.4, 0.5) is 5.69 Å². The topological polar surface area (TPSA) is 97.3 Å². The molecule has 0 saturated heterocycles. The molecule has 0 atom stereocenters. The van der Waals surface area contributed by atoms with Gasteiger partial charge >= 0.3 is 0 Å². The number of hydrogen-bond acceptors (Lipinski definition) is 6. The van der Waals surface area contributed by atoms with Crippen molar-refractivity contribution in [3.05, 3.63) is 118 Å². The van der Waals surface area contributed by atoms with Crippen molar-refractivity contribution in [3.8, 4) is 11.5 Å². The molecule has 0 aliphatic heterocycles. The summed E-state index contributed by atoms with van der Waals surface area (Å²) in [5.74, 6) is 0.412. The van der Waals surface area contributed by atoms with Crippen LogP contribution in [0.15, 0.2) is 112 Å². The Kier molecular flexibility index (Phi) is 9.57. The minimum absolute atomic E-state index is 0.0878. The fourth-order valence-corrected chi connectivity index (χ4v) is 5.77. The van der Waals surface area contributed by atoms with E-state index in [-0.39, 0.29) is 4.90 Å². The molecule has 0 aromatic heterocycles. The van der Waals surface area contributed by atoms with Gasteiger partial charge in [0.2, 0.25) is 0 Å². The SMILES string of the molecule is COc1cc(/C=N\NC(=O)CN(c2ccccc2)S(=O)(=O)c2ccc(C)cc2)cc(Br)c1OCc1ccccc1. The van der Waals surface area contributed by atoms with Crippen molar-refractivity contribution in [1.82, 2.24) is 5.43 Å². The van der Waals surface area contributed by atoms with E-state index in [1.165, 1.54) is 25.5 Å². The Balaban J connectivity index is 1.47. The zero-order valence-corrected chi connectivity index (χ0v) is 24.4. The Morgan fingerprint density at radius 2 is 1.62 bits per heavy atom. The van der Waals surface area contributed by atoms with E-state index in [0.29, 0.717) is 33.8 Å². The quantitative estimate of drug-likeness (QED) is 0.171. The molecule has 8 nitrogen and oxygen atoms in total. The Bertz CT molecular complexity index is 1580. The van der Waals surface area contributed by atoms with Gasteiger partial charge in [0, 0.05) is 0 Å². The Morgan fingerprint density at radius 1 is 0.975 bits per heavy atom. The van der Waals surface area contributed by atoms with Crippen LogP contribution in [0.3, 0.4) is 0 Å². The highest BCUT2D eigenvalue weighted by Crippen LogP contribution is 2.37. The van der Waals surface area contributed by atoms with Crippen molar-refractivity contribution in [2.75, 3.05) is 18.0 Å². The summed E-state index contributed by atoms with van der Waals surface area (Å²) in [5.41, 5.74) is 5.35. The first-order valence-electron chi connectivity index (χ1n) is 12.3. The molecule has 4 aromatic carbocycles. The number of nitrogens with zero attached hydrogens (tertiary/aromatic N) is 2. The van der Waals surface area contributed by atoms with E-state index in [4.69, 9.17) is 9.47 Å². The predicted octanol–water partition coefficient (Wildman–Crippen LogP) is 5.69. The normalized spacial score (nSPS) is 11.3. The minimum Gasteiger partial charge on any atom is -0.493 e. The van der Waals surface area contributed by atoms with Crippen molar-refractivity contribution in [1.29, 1.82) is 0 Å². The summed E-state index contributed by atoms with van der Waals surface area (Å²) >= 11 is 3.51. The van der Waals surface area contributed by atoms with Gasteiger partial charge in [-0.1, -0.05) is 66.2 Å². The number of aryl methyl sites for hydroxylation is 1. The number of ether oxygens (including phenoxy) is 2. The van der Waals surface area contributed by atoms with Crippen molar-refractivity contribution in [2.24, 2.45) is 5.10 Å². The molecule has 206 valence electrons. The molecule has 4 aromatic rings. The van der Waals surface area contributed by atoms with Gasteiger partial charge in [0.05, 0.1) is 28.4 Å². The van der Waals surface area contributed by atoms with Crippen LogP contribution in [0.5, 0.6) is 11.5 Å². The van der Waals surface area contributed by atoms with Crippen molar-refractivity contribution >= 4 is 43.8 Å². The Labute approximate surface area is 242 Å². The number of nitrogens with one attached hydrogen (secondary N) is 1. The van der Waals surface area contributed by atoms with Crippen LogP contribution in [0, 0.1) is 6.92 Å². The fourth-order valence-electron chi connectivity index (χ4n) is 3.78. The first kappa shape index (κ1) is 28.8. The smallest absolute Gasteiger partial charge is 0.264 e. The van der Waals surface area contributed by atoms with Gasteiger partial charge in [-0.15, -0.1) is 0 Å². The Hall–Kier alpha value is -4.15. The molecule has 0 bridgehead atoms. The number of para-hydroxylation sites is 1. The van der Waals surface area contributed by atoms with Gasteiger partial charge in [-0.3, -0.25) is 9.10 Å². The molecule has 0 saturated carbocycles. The highest BCUT2D eigenvalue weighted by atomic mass is 79.9. The van der Waals surface area contributed by atoms with Gasteiger partial charge in [-0.05, 0) is 70.4 Å². The first-order valence-corrected chi connectivity index (χ1v) is 14.5. The number of benzene rings is 4. The molecule has 0 heterocycles. The lowest BCUT2D eigenvalue weighted by molar-refractivity contribution is -0.119. The zero-order valence-electron chi connectivity index (χ0n) is 22.0. The Morgan fingerprint density at radius 3 is 2.27 bits per heavy atom. The maximum atomic E-state index is 13.4. The third kappa shape index (κ3) is 7.28. The summed E-state index contributed by atoms with van der Waals surface area (Å²) in [6.07, 6.45) is 1.44. The zero-order chi connectivity index (χ0) is 28.5. The number of carbonyl (C=O) groups is 1. The highest BCUT2D eigenvalue weighted by molar-refractivity contribution is 9.10. The lowest BCUT2D eigenvalue weighted by Gasteiger charge is -2.23. The average Bonchev–Trinajstić information content (AvgIpc) is 2.96. The van der Waals surface area contributed by atoms with E-state index in [9.17, 15) is 13.2 Å². The molecule has 0 unspecified atom stereocenters. The van der Waals surface area contributed by atoms with Gasteiger partial charge in [-0.25, -0.2) is 13.8 Å². The van der Waals surface area contributed by atoms with E-state index in [1.54, 1.807) is 54.6 Å².